The smallest absolute Gasteiger partial charge is 0.248 e. The summed E-state index contributed by atoms with van der Waals surface area (Å²) in [5.41, 5.74) is 0. The van der Waals surface area contributed by atoms with Crippen LogP contribution < -0.4 is 0 Å². The van der Waals surface area contributed by atoms with Crippen LogP contribution in [0.5, 0.6) is 0 Å². The maximum Gasteiger partial charge on any atom is 0.248 e. The first-order chi connectivity index (χ1) is 9.52. The van der Waals surface area contributed by atoms with Crippen LogP contribution in [0.15, 0.2) is 0 Å². The van der Waals surface area contributed by atoms with Gasteiger partial charge >= 0.3 is 0 Å². The number of amides is 2. The lowest BCUT2D eigenvalue weighted by molar-refractivity contribution is -0.136. The number of rotatable bonds is 11. The molecule has 0 aliphatic heterocycles. The highest BCUT2D eigenvalue weighted by atomic mass is 16.5. The van der Waals surface area contributed by atoms with E-state index < -0.39 is 0 Å². The fourth-order valence-corrected chi connectivity index (χ4v) is 1.55. The molecule has 0 rings (SSSR count). The van der Waals surface area contributed by atoms with Crippen LogP contribution in [0, 0.1) is 0 Å². The van der Waals surface area contributed by atoms with Crippen LogP contribution in [0.25, 0.3) is 0 Å². The van der Waals surface area contributed by atoms with Crippen LogP contribution in [0.4, 0.5) is 0 Å². The Morgan fingerprint density at radius 2 is 1.15 bits per heavy atom. The van der Waals surface area contributed by atoms with Gasteiger partial charge in [0.1, 0.15) is 13.2 Å². The number of carbonyl (C=O) groups excluding carboxylic acids is 2. The van der Waals surface area contributed by atoms with Crippen LogP contribution in [0.3, 0.4) is 0 Å². The molecule has 6 heteroatoms. The molecule has 0 saturated heterocycles. The SMILES string of the molecule is CCOCC(=O)N(C)CCCCN(C)C(=O)COCC. The van der Waals surface area contributed by atoms with Gasteiger partial charge in [-0.3, -0.25) is 9.59 Å². The molecule has 118 valence electrons. The van der Waals surface area contributed by atoms with E-state index >= 15 is 0 Å². The molecule has 2 amide bonds. The van der Waals surface area contributed by atoms with Gasteiger partial charge in [0.15, 0.2) is 0 Å². The average molecular weight is 288 g/mol. The zero-order chi connectivity index (χ0) is 15.4. The van der Waals surface area contributed by atoms with E-state index in [0.717, 1.165) is 12.8 Å². The first-order valence-electron chi connectivity index (χ1n) is 7.16. The van der Waals surface area contributed by atoms with Gasteiger partial charge in [-0.1, -0.05) is 0 Å². The predicted octanol–water partition coefficient (Wildman–Crippen LogP) is 0.756. The van der Waals surface area contributed by atoms with Gasteiger partial charge in [-0.05, 0) is 26.7 Å². The average Bonchev–Trinajstić information content (AvgIpc) is 2.45. The van der Waals surface area contributed by atoms with Crippen molar-refractivity contribution in [1.82, 2.24) is 9.80 Å². The van der Waals surface area contributed by atoms with Crippen molar-refractivity contribution in [2.24, 2.45) is 0 Å². The van der Waals surface area contributed by atoms with Gasteiger partial charge in [-0.2, -0.15) is 0 Å². The summed E-state index contributed by atoms with van der Waals surface area (Å²) in [5, 5.41) is 0. The lowest BCUT2D eigenvalue weighted by Gasteiger charge is -2.19. The van der Waals surface area contributed by atoms with Crippen LogP contribution in [-0.2, 0) is 19.1 Å². The van der Waals surface area contributed by atoms with E-state index in [4.69, 9.17) is 9.47 Å². The normalized spacial score (nSPS) is 10.4. The van der Waals surface area contributed by atoms with Crippen molar-refractivity contribution in [1.29, 1.82) is 0 Å². The highest BCUT2D eigenvalue weighted by Gasteiger charge is 2.10. The summed E-state index contributed by atoms with van der Waals surface area (Å²) >= 11 is 0. The lowest BCUT2D eigenvalue weighted by Crippen LogP contribution is -2.33. The number of unbranched alkanes of at least 4 members (excludes halogenated alkanes) is 1. The topological polar surface area (TPSA) is 59.1 Å². The lowest BCUT2D eigenvalue weighted by atomic mass is 10.2. The summed E-state index contributed by atoms with van der Waals surface area (Å²) in [5.74, 6) is -0.0137. The molecule has 0 saturated carbocycles. The van der Waals surface area contributed by atoms with E-state index in [2.05, 4.69) is 0 Å². The van der Waals surface area contributed by atoms with E-state index in [9.17, 15) is 9.59 Å². The first-order valence-corrected chi connectivity index (χ1v) is 7.16. The van der Waals surface area contributed by atoms with Crippen molar-refractivity contribution >= 4 is 11.8 Å². The summed E-state index contributed by atoms with van der Waals surface area (Å²) in [7, 11) is 3.54. The maximum absolute atomic E-state index is 11.6. The molecule has 6 nitrogen and oxygen atoms in total. The van der Waals surface area contributed by atoms with Gasteiger partial charge in [0.05, 0.1) is 0 Å². The van der Waals surface area contributed by atoms with E-state index in [0.29, 0.717) is 26.3 Å². The van der Waals surface area contributed by atoms with Crippen molar-refractivity contribution in [3.63, 3.8) is 0 Å². The van der Waals surface area contributed by atoms with E-state index in [1.807, 2.05) is 13.8 Å². The molecule has 0 aromatic carbocycles. The second-order valence-electron chi connectivity index (χ2n) is 4.61. The Morgan fingerprint density at radius 1 is 0.800 bits per heavy atom. The molecule has 0 atom stereocenters. The maximum atomic E-state index is 11.6. The molecule has 0 aliphatic carbocycles. The second kappa shape index (κ2) is 11.7. The Kier molecular flexibility index (Phi) is 11.0. The van der Waals surface area contributed by atoms with Gasteiger partial charge in [0.2, 0.25) is 11.8 Å². The standard InChI is InChI=1S/C14H28N2O4/c1-5-19-11-13(17)15(3)9-7-8-10-16(4)14(18)12-20-6-2/h5-12H2,1-4H3. The molecule has 0 aromatic rings. The minimum atomic E-state index is -0.00683. The molecule has 0 N–H and O–H groups in total. The predicted molar refractivity (Wildman–Crippen MR) is 77.5 cm³/mol. The van der Waals surface area contributed by atoms with Crippen molar-refractivity contribution in [3.8, 4) is 0 Å². The van der Waals surface area contributed by atoms with Crippen LogP contribution in [-0.4, -0.2) is 75.2 Å². The number of nitrogens with zero attached hydrogens (tertiary/aromatic N) is 2. The third kappa shape index (κ3) is 8.87. The third-order valence-corrected chi connectivity index (χ3v) is 2.95. The molecule has 0 spiro atoms. The van der Waals surface area contributed by atoms with Crippen LogP contribution in [0.1, 0.15) is 26.7 Å². The Labute approximate surface area is 122 Å². The molecule has 0 aromatic heterocycles. The minimum absolute atomic E-state index is 0.00683. The molecule has 0 heterocycles. The molecule has 0 fully saturated rings. The van der Waals surface area contributed by atoms with Gasteiger partial charge in [-0.15, -0.1) is 0 Å². The number of hydrogen-bond acceptors (Lipinski definition) is 4. The first kappa shape index (κ1) is 18.9. The zero-order valence-corrected chi connectivity index (χ0v) is 13.2. The number of carbonyl (C=O) groups is 2. The van der Waals surface area contributed by atoms with Gasteiger partial charge in [0, 0.05) is 40.4 Å². The second-order valence-corrected chi connectivity index (χ2v) is 4.61. The molecule has 0 unspecified atom stereocenters. The largest absolute Gasteiger partial charge is 0.372 e. The molecule has 0 bridgehead atoms. The number of likely N-dealkylation sites (N-methyl/N-ethyl adjacent to an activating group) is 2. The molecule has 0 radical (unpaired) electrons. The van der Waals surface area contributed by atoms with Gasteiger partial charge in [0.25, 0.3) is 0 Å². The Bertz CT molecular complexity index is 256. The molecule has 20 heavy (non-hydrogen) atoms. The summed E-state index contributed by atoms with van der Waals surface area (Å²) in [4.78, 5) is 26.5. The van der Waals surface area contributed by atoms with Crippen molar-refractivity contribution in [3.05, 3.63) is 0 Å². The van der Waals surface area contributed by atoms with E-state index in [1.165, 1.54) is 0 Å². The number of hydrogen-bond donors (Lipinski definition) is 0. The Balaban J connectivity index is 3.69. The third-order valence-electron chi connectivity index (χ3n) is 2.95. The molecule has 0 aliphatic rings. The van der Waals surface area contributed by atoms with E-state index in [1.54, 1.807) is 23.9 Å². The highest BCUT2D eigenvalue weighted by Crippen LogP contribution is 1.97. The van der Waals surface area contributed by atoms with Crippen molar-refractivity contribution in [2.75, 3.05) is 53.6 Å². The Morgan fingerprint density at radius 3 is 1.45 bits per heavy atom. The molecular weight excluding hydrogens is 260 g/mol. The summed E-state index contributed by atoms with van der Waals surface area (Å²) in [6, 6.07) is 0. The van der Waals surface area contributed by atoms with Gasteiger partial charge < -0.3 is 19.3 Å². The van der Waals surface area contributed by atoms with Crippen molar-refractivity contribution < 1.29 is 19.1 Å². The Hall–Kier alpha value is -1.14. The number of ether oxygens (including phenoxy) is 2. The summed E-state index contributed by atoms with van der Waals surface area (Å²) in [6.07, 6.45) is 1.72. The fourth-order valence-electron chi connectivity index (χ4n) is 1.55. The monoisotopic (exact) mass is 288 g/mol. The highest BCUT2D eigenvalue weighted by molar-refractivity contribution is 5.77. The molecular formula is C14H28N2O4. The summed E-state index contributed by atoms with van der Waals surface area (Å²) < 4.78 is 10.1. The summed E-state index contributed by atoms with van der Waals surface area (Å²) in [6.45, 7) is 6.46. The fraction of sp³-hybridized carbons (Fsp3) is 0.857. The van der Waals surface area contributed by atoms with Gasteiger partial charge in [-0.25, -0.2) is 0 Å². The van der Waals surface area contributed by atoms with E-state index in [-0.39, 0.29) is 25.0 Å². The minimum Gasteiger partial charge on any atom is -0.372 e. The zero-order valence-electron chi connectivity index (χ0n) is 13.2. The van der Waals surface area contributed by atoms with Crippen LogP contribution in [0.2, 0.25) is 0 Å². The quantitative estimate of drug-likeness (QED) is 0.527. The van der Waals surface area contributed by atoms with Crippen LogP contribution >= 0.6 is 0 Å². The van der Waals surface area contributed by atoms with Crippen molar-refractivity contribution in [2.45, 2.75) is 26.7 Å².